The fourth-order valence-corrected chi connectivity index (χ4v) is 5.68. The molecular formula is C18H20N2O6S2. The van der Waals surface area contributed by atoms with Gasteiger partial charge in [0.1, 0.15) is 10.6 Å². The van der Waals surface area contributed by atoms with Gasteiger partial charge < -0.3 is 4.74 Å². The van der Waals surface area contributed by atoms with Crippen LogP contribution < -0.4 is 13.8 Å². The molecule has 0 saturated carbocycles. The Morgan fingerprint density at radius 2 is 1.82 bits per heavy atom. The normalized spacial score (nSPS) is 16.2. The van der Waals surface area contributed by atoms with Crippen molar-refractivity contribution in [3.05, 3.63) is 47.5 Å². The van der Waals surface area contributed by atoms with Crippen molar-refractivity contribution in [3.63, 3.8) is 0 Å². The molecule has 1 heterocycles. The molecule has 1 N–H and O–H groups in total. The average Bonchev–Trinajstić information content (AvgIpc) is 2.90. The second-order valence-electron chi connectivity index (χ2n) is 6.48. The maximum Gasteiger partial charge on any atom is 0.265 e. The lowest BCUT2D eigenvalue weighted by Crippen LogP contribution is -2.29. The zero-order valence-electron chi connectivity index (χ0n) is 15.6. The molecule has 150 valence electrons. The third-order valence-electron chi connectivity index (χ3n) is 4.39. The van der Waals surface area contributed by atoms with Crippen molar-refractivity contribution in [3.8, 4) is 5.75 Å². The number of amides is 1. The second-order valence-corrected chi connectivity index (χ2v) is 10.1. The Bertz CT molecular complexity index is 1160. The first-order valence-corrected chi connectivity index (χ1v) is 11.5. The van der Waals surface area contributed by atoms with Crippen LogP contribution in [-0.4, -0.2) is 35.6 Å². The summed E-state index contributed by atoms with van der Waals surface area (Å²) in [5.41, 5.74) is 1.96. The van der Waals surface area contributed by atoms with Gasteiger partial charge in [-0.2, -0.15) is 0 Å². The van der Waals surface area contributed by atoms with Crippen LogP contribution in [0.2, 0.25) is 0 Å². The molecule has 2 aromatic rings. The largest absolute Gasteiger partial charge is 0.495 e. The Morgan fingerprint density at radius 3 is 2.43 bits per heavy atom. The van der Waals surface area contributed by atoms with Gasteiger partial charge in [-0.3, -0.25) is 9.52 Å². The van der Waals surface area contributed by atoms with Crippen molar-refractivity contribution >= 4 is 37.3 Å². The SMILES string of the molecule is COc1ccc(N2C(=O)CCS2(=O)=O)cc1S(=O)(=O)Nc1cc(C)ccc1C. The van der Waals surface area contributed by atoms with Crippen LogP contribution in [0.3, 0.4) is 0 Å². The van der Waals surface area contributed by atoms with Crippen molar-refractivity contribution in [2.24, 2.45) is 0 Å². The van der Waals surface area contributed by atoms with E-state index in [1.165, 1.54) is 19.2 Å². The van der Waals surface area contributed by atoms with Crippen LogP contribution in [-0.2, 0) is 24.8 Å². The molecule has 0 radical (unpaired) electrons. The lowest BCUT2D eigenvalue weighted by atomic mass is 10.1. The molecule has 2 aromatic carbocycles. The van der Waals surface area contributed by atoms with Crippen LogP contribution in [0.15, 0.2) is 41.3 Å². The van der Waals surface area contributed by atoms with E-state index in [1.54, 1.807) is 19.1 Å². The summed E-state index contributed by atoms with van der Waals surface area (Å²) in [5, 5.41) is 0. The van der Waals surface area contributed by atoms with E-state index in [-0.39, 0.29) is 28.5 Å². The van der Waals surface area contributed by atoms with E-state index in [0.29, 0.717) is 9.99 Å². The summed E-state index contributed by atoms with van der Waals surface area (Å²) in [6.07, 6.45) is -0.142. The summed E-state index contributed by atoms with van der Waals surface area (Å²) < 4.78 is 58.7. The molecule has 0 unspecified atom stereocenters. The molecule has 28 heavy (non-hydrogen) atoms. The molecular weight excluding hydrogens is 404 g/mol. The third kappa shape index (κ3) is 3.69. The van der Waals surface area contributed by atoms with E-state index in [9.17, 15) is 21.6 Å². The molecule has 0 spiro atoms. The summed E-state index contributed by atoms with van der Waals surface area (Å²) in [4.78, 5) is 11.8. The Balaban J connectivity index is 2.09. The maximum absolute atomic E-state index is 13.0. The van der Waals surface area contributed by atoms with Crippen LogP contribution in [0.5, 0.6) is 5.75 Å². The molecule has 8 nitrogen and oxygen atoms in total. The third-order valence-corrected chi connectivity index (χ3v) is 7.46. The van der Waals surface area contributed by atoms with Gasteiger partial charge in [-0.25, -0.2) is 21.1 Å². The van der Waals surface area contributed by atoms with E-state index < -0.39 is 26.0 Å². The number of hydrogen-bond acceptors (Lipinski definition) is 6. The second kappa shape index (κ2) is 7.10. The van der Waals surface area contributed by atoms with Gasteiger partial charge in [0.05, 0.1) is 24.2 Å². The molecule has 10 heteroatoms. The highest BCUT2D eigenvalue weighted by Crippen LogP contribution is 2.33. The fraction of sp³-hybridized carbons (Fsp3) is 0.278. The number of nitrogens with zero attached hydrogens (tertiary/aromatic N) is 1. The number of aryl methyl sites for hydroxylation is 2. The molecule has 0 aromatic heterocycles. The van der Waals surface area contributed by atoms with Crippen LogP contribution >= 0.6 is 0 Å². The quantitative estimate of drug-likeness (QED) is 0.788. The summed E-state index contributed by atoms with van der Waals surface area (Å²) in [5.74, 6) is -0.873. The zero-order valence-corrected chi connectivity index (χ0v) is 17.2. The van der Waals surface area contributed by atoms with Gasteiger partial charge in [-0.05, 0) is 49.2 Å². The van der Waals surface area contributed by atoms with E-state index in [4.69, 9.17) is 4.74 Å². The van der Waals surface area contributed by atoms with Gasteiger partial charge in [0, 0.05) is 6.42 Å². The number of nitrogens with one attached hydrogen (secondary N) is 1. The van der Waals surface area contributed by atoms with E-state index in [0.717, 1.165) is 17.2 Å². The van der Waals surface area contributed by atoms with Crippen LogP contribution in [0, 0.1) is 13.8 Å². The monoisotopic (exact) mass is 424 g/mol. The van der Waals surface area contributed by atoms with Crippen molar-refractivity contribution < 1.29 is 26.4 Å². The number of sulfonamides is 2. The minimum absolute atomic E-state index is 0.0330. The number of ether oxygens (including phenoxy) is 1. The minimum atomic E-state index is -4.11. The summed E-state index contributed by atoms with van der Waals surface area (Å²) in [6, 6.07) is 9.14. The highest BCUT2D eigenvalue weighted by Gasteiger charge is 2.37. The van der Waals surface area contributed by atoms with Crippen molar-refractivity contribution in [2.75, 3.05) is 21.9 Å². The fourth-order valence-electron chi connectivity index (χ4n) is 2.92. The summed E-state index contributed by atoms with van der Waals surface area (Å²) in [6.45, 7) is 3.60. The number of hydrogen-bond donors (Lipinski definition) is 1. The highest BCUT2D eigenvalue weighted by atomic mass is 32.2. The summed E-state index contributed by atoms with van der Waals surface area (Å²) >= 11 is 0. The van der Waals surface area contributed by atoms with E-state index >= 15 is 0 Å². The van der Waals surface area contributed by atoms with Crippen LogP contribution in [0.25, 0.3) is 0 Å². The Labute approximate surface area is 164 Å². The van der Waals surface area contributed by atoms with E-state index in [2.05, 4.69) is 4.72 Å². The van der Waals surface area contributed by atoms with Crippen LogP contribution in [0.4, 0.5) is 11.4 Å². The van der Waals surface area contributed by atoms with Crippen molar-refractivity contribution in [2.45, 2.75) is 25.2 Å². The first-order chi connectivity index (χ1) is 13.0. The molecule has 1 fully saturated rings. The number of methoxy groups -OCH3 is 1. The smallest absolute Gasteiger partial charge is 0.265 e. The number of carbonyl (C=O) groups excluding carboxylic acids is 1. The predicted octanol–water partition coefficient (Wildman–Crippen LogP) is 2.18. The average molecular weight is 425 g/mol. The summed E-state index contributed by atoms with van der Waals surface area (Å²) in [7, 11) is -6.62. The minimum Gasteiger partial charge on any atom is -0.495 e. The number of rotatable bonds is 5. The Morgan fingerprint density at radius 1 is 1.11 bits per heavy atom. The molecule has 3 rings (SSSR count). The number of anilines is 2. The standard InChI is InChI=1S/C18H20N2O6S2/c1-12-4-5-13(2)15(10-12)19-28(24,25)17-11-14(6-7-16(17)26-3)20-18(21)8-9-27(20,22)23/h4-7,10-11,19H,8-9H2,1-3H3. The lowest BCUT2D eigenvalue weighted by molar-refractivity contribution is -0.116. The topological polar surface area (TPSA) is 110 Å². The Kier molecular flexibility index (Phi) is 5.11. The van der Waals surface area contributed by atoms with Crippen molar-refractivity contribution in [1.82, 2.24) is 0 Å². The van der Waals surface area contributed by atoms with Gasteiger partial charge >= 0.3 is 0 Å². The molecule has 1 aliphatic rings. The molecule has 1 aliphatic heterocycles. The molecule has 0 bridgehead atoms. The van der Waals surface area contributed by atoms with Gasteiger partial charge in [0.2, 0.25) is 15.9 Å². The van der Waals surface area contributed by atoms with E-state index in [1.807, 2.05) is 13.0 Å². The Hall–Kier alpha value is -2.59. The van der Waals surface area contributed by atoms with Crippen molar-refractivity contribution in [1.29, 1.82) is 0 Å². The molecule has 1 saturated heterocycles. The number of benzene rings is 2. The maximum atomic E-state index is 13.0. The zero-order chi connectivity index (χ0) is 20.7. The lowest BCUT2D eigenvalue weighted by Gasteiger charge is -2.18. The van der Waals surface area contributed by atoms with Gasteiger partial charge in [0.15, 0.2) is 0 Å². The first kappa shape index (κ1) is 20.2. The predicted molar refractivity (Wildman–Crippen MR) is 106 cm³/mol. The molecule has 1 amide bonds. The number of carbonyl (C=O) groups is 1. The van der Waals surface area contributed by atoms with Crippen LogP contribution in [0.1, 0.15) is 17.5 Å². The highest BCUT2D eigenvalue weighted by molar-refractivity contribution is 7.94. The molecule has 0 aliphatic carbocycles. The van der Waals surface area contributed by atoms with Gasteiger partial charge in [-0.15, -0.1) is 0 Å². The van der Waals surface area contributed by atoms with Gasteiger partial charge in [0.25, 0.3) is 10.0 Å². The first-order valence-electron chi connectivity index (χ1n) is 8.39. The molecule has 0 atom stereocenters. The van der Waals surface area contributed by atoms with Gasteiger partial charge in [-0.1, -0.05) is 12.1 Å².